The third kappa shape index (κ3) is 2.78. The van der Waals surface area contributed by atoms with Crippen LogP contribution in [0.5, 0.6) is 0 Å². The first-order valence-corrected chi connectivity index (χ1v) is 9.70. The summed E-state index contributed by atoms with van der Waals surface area (Å²) in [5, 5.41) is 4.65. The van der Waals surface area contributed by atoms with Crippen LogP contribution in [0.3, 0.4) is 0 Å². The van der Waals surface area contributed by atoms with Gasteiger partial charge in [0, 0.05) is 50.6 Å². The molecule has 3 aliphatic rings. The van der Waals surface area contributed by atoms with Gasteiger partial charge in [0.2, 0.25) is 5.95 Å². The molecule has 0 unspecified atom stereocenters. The van der Waals surface area contributed by atoms with Gasteiger partial charge in [0.05, 0.1) is 30.0 Å². The van der Waals surface area contributed by atoms with Gasteiger partial charge in [-0.1, -0.05) is 11.6 Å². The van der Waals surface area contributed by atoms with Gasteiger partial charge >= 0.3 is 0 Å². The highest BCUT2D eigenvalue weighted by Gasteiger charge is 2.44. The summed E-state index contributed by atoms with van der Waals surface area (Å²) in [5.41, 5.74) is 2.45. The van der Waals surface area contributed by atoms with Crippen molar-refractivity contribution in [3.63, 3.8) is 0 Å². The quantitative estimate of drug-likeness (QED) is 0.777. The number of hydrogen-bond donors (Lipinski definition) is 0. The van der Waals surface area contributed by atoms with Crippen molar-refractivity contribution in [3.8, 4) is 0 Å². The zero-order chi connectivity index (χ0) is 18.5. The highest BCUT2D eigenvalue weighted by Crippen LogP contribution is 2.44. The van der Waals surface area contributed by atoms with E-state index >= 15 is 0 Å². The first-order valence-electron chi connectivity index (χ1n) is 9.32. The second-order valence-corrected chi connectivity index (χ2v) is 7.74. The van der Waals surface area contributed by atoms with Crippen LogP contribution in [-0.4, -0.2) is 62.9 Å². The van der Waals surface area contributed by atoms with Crippen LogP contribution < -0.4 is 4.90 Å². The SMILES string of the molecule is Cn1cc(Cl)c(C(=O)N2[C@H]3CC[C@H]2c2cnc(N4CCOCC4)nc2C3)n1. The number of fused-ring (bicyclic) bond motifs is 4. The molecule has 0 spiro atoms. The highest BCUT2D eigenvalue weighted by molar-refractivity contribution is 6.33. The van der Waals surface area contributed by atoms with Crippen LogP contribution in [0.25, 0.3) is 0 Å². The molecule has 2 fully saturated rings. The van der Waals surface area contributed by atoms with Crippen molar-refractivity contribution in [3.05, 3.63) is 34.4 Å². The maximum absolute atomic E-state index is 13.1. The Labute approximate surface area is 162 Å². The number of amides is 1. The number of aromatic nitrogens is 4. The summed E-state index contributed by atoms with van der Waals surface area (Å²) in [4.78, 5) is 26.7. The number of morpholine rings is 1. The highest BCUT2D eigenvalue weighted by atomic mass is 35.5. The number of carbonyl (C=O) groups excluding carboxylic acids is 1. The van der Waals surface area contributed by atoms with E-state index in [4.69, 9.17) is 21.3 Å². The topological polar surface area (TPSA) is 76.4 Å². The van der Waals surface area contributed by atoms with E-state index in [1.165, 1.54) is 0 Å². The summed E-state index contributed by atoms with van der Waals surface area (Å²) in [6.07, 6.45) is 6.20. The Morgan fingerprint density at radius 3 is 2.85 bits per heavy atom. The fraction of sp³-hybridized carbons (Fsp3) is 0.556. The molecule has 2 atom stereocenters. The molecule has 0 aliphatic carbocycles. The Hall–Kier alpha value is -2.19. The molecule has 8 nitrogen and oxygen atoms in total. The minimum Gasteiger partial charge on any atom is -0.378 e. The van der Waals surface area contributed by atoms with E-state index in [1.54, 1.807) is 17.9 Å². The Morgan fingerprint density at radius 2 is 2.11 bits per heavy atom. The van der Waals surface area contributed by atoms with Gasteiger partial charge in [-0.25, -0.2) is 9.97 Å². The van der Waals surface area contributed by atoms with Crippen molar-refractivity contribution in [2.45, 2.75) is 31.3 Å². The van der Waals surface area contributed by atoms with E-state index < -0.39 is 0 Å². The number of aryl methyl sites for hydroxylation is 1. The second kappa shape index (κ2) is 6.45. The lowest BCUT2D eigenvalue weighted by Crippen LogP contribution is -2.43. The molecule has 2 aromatic rings. The maximum Gasteiger partial charge on any atom is 0.276 e. The van der Waals surface area contributed by atoms with Crippen molar-refractivity contribution in [1.29, 1.82) is 0 Å². The van der Waals surface area contributed by atoms with Crippen molar-refractivity contribution in [2.75, 3.05) is 31.2 Å². The van der Waals surface area contributed by atoms with Crippen LogP contribution >= 0.6 is 11.6 Å². The van der Waals surface area contributed by atoms with Crippen LogP contribution in [-0.2, 0) is 18.2 Å². The molecule has 0 aromatic carbocycles. The molecule has 27 heavy (non-hydrogen) atoms. The van der Waals surface area contributed by atoms with Crippen LogP contribution in [0.4, 0.5) is 5.95 Å². The van der Waals surface area contributed by atoms with Crippen molar-refractivity contribution in [2.24, 2.45) is 7.05 Å². The van der Waals surface area contributed by atoms with Gasteiger partial charge in [-0.15, -0.1) is 0 Å². The molecule has 3 aliphatic heterocycles. The van der Waals surface area contributed by atoms with Crippen LogP contribution in [0.15, 0.2) is 12.4 Å². The lowest BCUT2D eigenvalue weighted by Gasteiger charge is -2.36. The van der Waals surface area contributed by atoms with Gasteiger partial charge in [0.15, 0.2) is 5.69 Å². The molecule has 2 aromatic heterocycles. The minimum absolute atomic E-state index is 0.00284. The Kier molecular flexibility index (Phi) is 4.05. The molecular weight excluding hydrogens is 368 g/mol. The third-order valence-corrected chi connectivity index (χ3v) is 5.97. The summed E-state index contributed by atoms with van der Waals surface area (Å²) in [6.45, 7) is 3.04. The summed E-state index contributed by atoms with van der Waals surface area (Å²) in [6, 6.07) is 0.142. The first-order chi connectivity index (χ1) is 13.1. The number of anilines is 1. The van der Waals surface area contributed by atoms with Crippen molar-refractivity contribution in [1.82, 2.24) is 24.6 Å². The van der Waals surface area contributed by atoms with E-state index in [0.29, 0.717) is 23.9 Å². The van der Waals surface area contributed by atoms with E-state index in [1.807, 2.05) is 11.1 Å². The van der Waals surface area contributed by atoms with Crippen LogP contribution in [0, 0.1) is 0 Å². The Balaban J connectivity index is 1.45. The van der Waals surface area contributed by atoms with E-state index in [2.05, 4.69) is 15.0 Å². The third-order valence-electron chi connectivity index (χ3n) is 5.69. The average Bonchev–Trinajstić information content (AvgIpc) is 3.19. The number of rotatable bonds is 2. The Morgan fingerprint density at radius 1 is 1.30 bits per heavy atom. The van der Waals surface area contributed by atoms with Gasteiger partial charge in [0.1, 0.15) is 0 Å². The molecule has 0 N–H and O–H groups in total. The maximum atomic E-state index is 13.1. The molecule has 0 radical (unpaired) electrons. The van der Waals surface area contributed by atoms with Crippen molar-refractivity contribution < 1.29 is 9.53 Å². The molecule has 1 amide bonds. The van der Waals surface area contributed by atoms with Crippen LogP contribution in [0.1, 0.15) is 40.6 Å². The minimum atomic E-state index is -0.101. The Bertz CT molecular complexity index is 894. The van der Waals surface area contributed by atoms with Crippen molar-refractivity contribution >= 4 is 23.5 Å². The van der Waals surface area contributed by atoms with Gasteiger partial charge in [-0.2, -0.15) is 5.10 Å². The lowest BCUT2D eigenvalue weighted by molar-refractivity contribution is 0.0637. The zero-order valence-corrected chi connectivity index (χ0v) is 15.9. The normalized spacial score (nSPS) is 24.2. The fourth-order valence-corrected chi connectivity index (χ4v) is 4.68. The predicted octanol–water partition coefficient (Wildman–Crippen LogP) is 1.60. The summed E-state index contributed by atoms with van der Waals surface area (Å²) in [7, 11) is 1.77. The van der Waals surface area contributed by atoms with E-state index in [9.17, 15) is 4.79 Å². The molecule has 0 saturated carbocycles. The molecule has 5 rings (SSSR count). The molecule has 142 valence electrons. The first kappa shape index (κ1) is 16.9. The molecule has 9 heteroatoms. The smallest absolute Gasteiger partial charge is 0.276 e. The number of carbonyl (C=O) groups is 1. The van der Waals surface area contributed by atoms with E-state index in [-0.39, 0.29) is 18.0 Å². The van der Waals surface area contributed by atoms with Gasteiger partial charge < -0.3 is 14.5 Å². The van der Waals surface area contributed by atoms with Crippen LogP contribution in [0.2, 0.25) is 5.02 Å². The number of halogens is 1. The molecular formula is C18H21ClN6O2. The summed E-state index contributed by atoms with van der Waals surface area (Å²) < 4.78 is 6.99. The second-order valence-electron chi connectivity index (χ2n) is 7.33. The number of nitrogens with zero attached hydrogens (tertiary/aromatic N) is 6. The number of hydrogen-bond acceptors (Lipinski definition) is 6. The van der Waals surface area contributed by atoms with Gasteiger partial charge in [-0.05, 0) is 12.8 Å². The van der Waals surface area contributed by atoms with Gasteiger partial charge in [0.25, 0.3) is 5.91 Å². The van der Waals surface area contributed by atoms with E-state index in [0.717, 1.165) is 49.6 Å². The average molecular weight is 389 g/mol. The predicted molar refractivity (Wildman–Crippen MR) is 98.9 cm³/mol. The molecule has 5 heterocycles. The monoisotopic (exact) mass is 388 g/mol. The molecule has 2 saturated heterocycles. The summed E-state index contributed by atoms with van der Waals surface area (Å²) >= 11 is 6.21. The molecule has 2 bridgehead atoms. The fourth-order valence-electron chi connectivity index (χ4n) is 4.42. The largest absolute Gasteiger partial charge is 0.378 e. The van der Waals surface area contributed by atoms with Gasteiger partial charge in [-0.3, -0.25) is 9.48 Å². The number of ether oxygens (including phenoxy) is 1. The lowest BCUT2D eigenvalue weighted by atomic mass is 9.99. The summed E-state index contributed by atoms with van der Waals surface area (Å²) in [5.74, 6) is 0.667. The zero-order valence-electron chi connectivity index (χ0n) is 15.1. The standard InChI is InChI=1S/C18H21ClN6O2/c1-23-10-13(19)16(22-23)17(26)25-11-2-3-15(25)12-9-20-18(21-14(12)8-11)24-4-6-27-7-5-24/h9-11,15H,2-8H2,1H3/t11-,15-/m0/s1.